The maximum Gasteiger partial charge on any atom is 0.297 e. The van der Waals surface area contributed by atoms with Crippen LogP contribution in [0.3, 0.4) is 0 Å². The molecular weight excluding hydrogens is 824 g/mol. The Balaban J connectivity index is 1.87. The van der Waals surface area contributed by atoms with Crippen molar-refractivity contribution < 1.29 is 51.5 Å². The van der Waals surface area contributed by atoms with Crippen LogP contribution in [0.15, 0.2) is 43.8 Å². The minimum atomic E-state index is -5.48. The van der Waals surface area contributed by atoms with Crippen LogP contribution in [0.4, 0.5) is 0 Å². The average molecular weight is 880 g/mol. The third kappa shape index (κ3) is 17.4. The highest BCUT2D eigenvalue weighted by Gasteiger charge is 2.36. The maximum absolute atomic E-state index is 13.5. The van der Waals surface area contributed by atoms with Gasteiger partial charge in [0.05, 0.1) is 6.61 Å². The molecule has 0 amide bonds. The minimum Gasteiger partial charge on any atom is -0.282 e. The van der Waals surface area contributed by atoms with Crippen LogP contribution >= 0.6 is 23.2 Å². The Morgan fingerprint density at radius 1 is 0.426 bits per heavy atom. The van der Waals surface area contributed by atoms with Gasteiger partial charge in [0.2, 0.25) is 0 Å². The molecule has 0 aliphatic carbocycles. The largest absolute Gasteiger partial charge is 0.297 e. The molecule has 0 fully saturated rings. The van der Waals surface area contributed by atoms with Crippen LogP contribution < -0.4 is 0 Å². The molecule has 0 saturated heterocycles. The molecular formula is C36H56Cl2O12S4. The second kappa shape index (κ2) is 23.8. The van der Waals surface area contributed by atoms with Crippen LogP contribution in [0, 0.1) is 0 Å². The van der Waals surface area contributed by atoms with Gasteiger partial charge in [0.25, 0.3) is 40.5 Å². The number of hydrogen-bond donors (Lipinski definition) is 3. The Morgan fingerprint density at radius 3 is 0.944 bits per heavy atom. The molecule has 3 N–H and O–H groups in total. The zero-order valence-corrected chi connectivity index (χ0v) is 35.8. The first-order chi connectivity index (χ1) is 25.3. The summed E-state index contributed by atoms with van der Waals surface area (Å²) in [6, 6.07) is 2.18. The summed E-state index contributed by atoms with van der Waals surface area (Å²) < 4.78 is 136. The molecule has 18 heteroatoms. The molecule has 0 aliphatic heterocycles. The van der Waals surface area contributed by atoms with E-state index in [-0.39, 0.29) is 13.0 Å². The fourth-order valence-corrected chi connectivity index (χ4v) is 10.6. The number of hydrogen-bond acceptors (Lipinski definition) is 9. The Labute approximate surface area is 333 Å². The lowest BCUT2D eigenvalue weighted by atomic mass is 10.0. The van der Waals surface area contributed by atoms with E-state index in [1.54, 1.807) is 0 Å². The van der Waals surface area contributed by atoms with Crippen molar-refractivity contribution in [2.24, 2.45) is 0 Å². The van der Waals surface area contributed by atoms with E-state index in [4.69, 9.17) is 27.4 Å². The molecule has 0 spiro atoms. The predicted molar refractivity (Wildman–Crippen MR) is 212 cm³/mol. The van der Waals surface area contributed by atoms with E-state index in [0.29, 0.717) is 30.7 Å². The van der Waals surface area contributed by atoms with Crippen LogP contribution in [-0.2, 0) is 44.7 Å². The molecule has 0 aliphatic rings. The average Bonchev–Trinajstić information content (AvgIpc) is 3.07. The zero-order valence-electron chi connectivity index (χ0n) is 31.0. The van der Waals surface area contributed by atoms with Gasteiger partial charge in [-0.15, -0.1) is 0 Å². The van der Waals surface area contributed by atoms with Crippen molar-refractivity contribution in [3.63, 3.8) is 0 Å². The van der Waals surface area contributed by atoms with E-state index in [9.17, 15) is 47.3 Å². The number of rotatable bonds is 29. The first-order valence-corrected chi connectivity index (χ1v) is 25.3. The summed E-state index contributed by atoms with van der Waals surface area (Å²) in [6.45, 7) is 1.86. The molecule has 0 aromatic heterocycles. The molecule has 0 saturated carbocycles. The van der Waals surface area contributed by atoms with Gasteiger partial charge in [-0.3, -0.25) is 17.8 Å². The highest BCUT2D eigenvalue weighted by Crippen LogP contribution is 2.44. The third-order valence-corrected chi connectivity index (χ3v) is 13.6. The lowest BCUT2D eigenvalue weighted by Crippen LogP contribution is -2.15. The standard InChI is InChI=1S/C36H56Cl2O12S4/c1-2-3-4-5-6-7-8-9-10-11-12-13-14-15-16-17-18-19-20-21-22-23-24-50-54(48,49)34-28-30(38)27-33(53(45,46)47)36(34)35-31(51(39,40)41)25-29(37)26-32(35)52(42,43)44/h25-28H,2-24H2,1H3,(H,39,40,41)(H,42,43,44)(H,45,46,47). The molecule has 54 heavy (non-hydrogen) atoms. The number of benzene rings is 2. The van der Waals surface area contributed by atoms with Crippen LogP contribution in [-0.4, -0.2) is 53.9 Å². The second-order valence-corrected chi connectivity index (χ2v) is 20.3. The lowest BCUT2D eigenvalue weighted by molar-refractivity contribution is 0.306. The minimum absolute atomic E-state index is 0.271. The van der Waals surface area contributed by atoms with E-state index in [1.807, 2.05) is 0 Å². The first-order valence-electron chi connectivity index (χ1n) is 18.8. The van der Waals surface area contributed by atoms with E-state index >= 15 is 0 Å². The lowest BCUT2D eigenvalue weighted by Gasteiger charge is -2.19. The van der Waals surface area contributed by atoms with Gasteiger partial charge < -0.3 is 0 Å². The highest BCUT2D eigenvalue weighted by molar-refractivity contribution is 7.88. The van der Waals surface area contributed by atoms with Crippen molar-refractivity contribution in [1.29, 1.82) is 0 Å². The van der Waals surface area contributed by atoms with E-state index in [2.05, 4.69) is 6.92 Å². The monoisotopic (exact) mass is 878 g/mol. The molecule has 2 rings (SSSR count). The summed E-state index contributed by atoms with van der Waals surface area (Å²) in [5.41, 5.74) is -2.55. The normalized spacial score (nSPS) is 12.8. The summed E-state index contributed by atoms with van der Waals surface area (Å²) in [4.78, 5) is -5.27. The topological polar surface area (TPSA) is 206 Å². The predicted octanol–water partition coefficient (Wildman–Crippen LogP) is 10.7. The van der Waals surface area contributed by atoms with Crippen molar-refractivity contribution in [3.8, 4) is 11.1 Å². The van der Waals surface area contributed by atoms with Crippen molar-refractivity contribution in [2.75, 3.05) is 6.61 Å². The van der Waals surface area contributed by atoms with E-state index in [0.717, 1.165) is 25.7 Å². The van der Waals surface area contributed by atoms with Crippen molar-refractivity contribution in [3.05, 3.63) is 34.3 Å². The van der Waals surface area contributed by atoms with Gasteiger partial charge in [-0.05, 0) is 30.7 Å². The van der Waals surface area contributed by atoms with Crippen LogP contribution in [0.5, 0.6) is 0 Å². The van der Waals surface area contributed by atoms with E-state index < -0.39 is 81.2 Å². The fraction of sp³-hybridized carbons (Fsp3) is 0.667. The Bertz CT molecular complexity index is 1860. The maximum atomic E-state index is 13.5. The molecule has 2 aromatic carbocycles. The summed E-state index contributed by atoms with van der Waals surface area (Å²) in [6.07, 6.45) is 25.9. The van der Waals surface area contributed by atoms with Gasteiger partial charge in [0, 0.05) is 21.2 Å². The Hall–Kier alpha value is -1.34. The van der Waals surface area contributed by atoms with Crippen molar-refractivity contribution in [2.45, 2.75) is 168 Å². The molecule has 0 radical (unpaired) electrons. The molecule has 0 atom stereocenters. The van der Waals surface area contributed by atoms with Crippen LogP contribution in [0.2, 0.25) is 10.0 Å². The number of unbranched alkanes of at least 4 members (excludes halogenated alkanes) is 21. The molecule has 0 bridgehead atoms. The quantitative estimate of drug-likeness (QED) is 0.0396. The van der Waals surface area contributed by atoms with Crippen LogP contribution in [0.25, 0.3) is 11.1 Å². The SMILES string of the molecule is CCCCCCCCCCCCCCCCCCCCCCCCOS(=O)(=O)c1cc(Cl)cc(S(=O)(=O)O)c1-c1c(S(=O)(=O)O)cc(Cl)cc1S(=O)(=O)O. The smallest absolute Gasteiger partial charge is 0.282 e. The highest BCUT2D eigenvalue weighted by atomic mass is 35.5. The summed E-state index contributed by atoms with van der Waals surface area (Å²) in [5, 5.41) is -1.22. The van der Waals surface area contributed by atoms with Crippen molar-refractivity contribution in [1.82, 2.24) is 0 Å². The van der Waals surface area contributed by atoms with Crippen LogP contribution in [0.1, 0.15) is 148 Å². The van der Waals surface area contributed by atoms with Crippen molar-refractivity contribution >= 4 is 63.7 Å². The fourth-order valence-electron chi connectivity index (χ4n) is 6.36. The summed E-state index contributed by atoms with van der Waals surface area (Å²) >= 11 is 11.8. The summed E-state index contributed by atoms with van der Waals surface area (Å²) in [5.74, 6) is 0. The van der Waals surface area contributed by atoms with E-state index in [1.165, 1.54) is 103 Å². The molecule has 12 nitrogen and oxygen atoms in total. The molecule has 0 unspecified atom stereocenters. The van der Waals surface area contributed by atoms with Gasteiger partial charge in [-0.2, -0.15) is 33.7 Å². The summed E-state index contributed by atoms with van der Waals surface area (Å²) in [7, 11) is -21.5. The van der Waals surface area contributed by atoms with Gasteiger partial charge in [-0.25, -0.2) is 0 Å². The Kier molecular flexibility index (Phi) is 21.5. The molecule has 310 valence electrons. The van der Waals surface area contributed by atoms with Gasteiger partial charge in [0.1, 0.15) is 19.6 Å². The van der Waals surface area contributed by atoms with Gasteiger partial charge in [-0.1, -0.05) is 165 Å². The van der Waals surface area contributed by atoms with Gasteiger partial charge in [0.15, 0.2) is 0 Å². The number of halogens is 2. The first kappa shape index (κ1) is 48.8. The zero-order chi connectivity index (χ0) is 40.4. The Morgan fingerprint density at radius 2 is 0.667 bits per heavy atom. The molecule has 2 aromatic rings. The molecule has 0 heterocycles. The third-order valence-electron chi connectivity index (χ3n) is 9.15. The van der Waals surface area contributed by atoms with Gasteiger partial charge >= 0.3 is 0 Å². The second-order valence-electron chi connectivity index (χ2n) is 13.7.